The summed E-state index contributed by atoms with van der Waals surface area (Å²) in [6.07, 6.45) is 43.7. The van der Waals surface area contributed by atoms with Gasteiger partial charge in [0.15, 0.2) is 0 Å². The summed E-state index contributed by atoms with van der Waals surface area (Å²) < 4.78 is 33.4. The fourth-order valence-corrected chi connectivity index (χ4v) is 7.17. The molecule has 0 aromatic heterocycles. The molecule has 1 unspecified atom stereocenters. The van der Waals surface area contributed by atoms with Gasteiger partial charge in [-0.05, 0) is 38.5 Å². The molecule has 0 heterocycles. The van der Waals surface area contributed by atoms with E-state index >= 15 is 0 Å². The third-order valence-corrected chi connectivity index (χ3v) is 10.7. The molecule has 0 aliphatic heterocycles. The molecule has 3 N–H and O–H groups in total. The van der Waals surface area contributed by atoms with Gasteiger partial charge in [-0.25, -0.2) is 4.57 Å². The molecule has 0 fully saturated rings. The van der Waals surface area contributed by atoms with Gasteiger partial charge in [-0.1, -0.05) is 187 Å². The van der Waals surface area contributed by atoms with Crippen molar-refractivity contribution in [2.24, 2.45) is 5.73 Å². The quantitative estimate of drug-likeness (QED) is 0.0273. The minimum Gasteiger partial charge on any atom is -0.457 e. The monoisotopic (exact) mass is 760 g/mol. The molecule has 8 nitrogen and oxygen atoms in total. The first kappa shape index (κ1) is 51.2. The van der Waals surface area contributed by atoms with Gasteiger partial charge in [0, 0.05) is 19.6 Å². The number of hydrogen-bond donors (Lipinski definition) is 2. The normalized spacial score (nSPS) is 13.5. The second-order valence-electron chi connectivity index (χ2n) is 14.9. The Morgan fingerprint density at radius 2 is 0.962 bits per heavy atom. The zero-order valence-corrected chi connectivity index (χ0v) is 35.2. The van der Waals surface area contributed by atoms with Crippen LogP contribution in [-0.4, -0.2) is 49.9 Å². The Morgan fingerprint density at radius 1 is 0.558 bits per heavy atom. The number of ether oxygens (including phenoxy) is 2. The van der Waals surface area contributed by atoms with Gasteiger partial charge >= 0.3 is 13.8 Å². The van der Waals surface area contributed by atoms with Gasteiger partial charge in [0.2, 0.25) is 0 Å². The SMILES string of the molecule is CCCCCCCC/C=C\CCCCCCCC(=O)O[C@H](COCCCCCCCCCCCCCCCCCCCC)COP(=O)(O)OCCN. The summed E-state index contributed by atoms with van der Waals surface area (Å²) >= 11 is 0. The minimum atomic E-state index is -4.27. The summed E-state index contributed by atoms with van der Waals surface area (Å²) in [7, 11) is -4.27. The topological polar surface area (TPSA) is 117 Å². The second kappa shape index (κ2) is 41.4. The van der Waals surface area contributed by atoms with Crippen molar-refractivity contribution in [3.05, 3.63) is 12.2 Å². The van der Waals surface area contributed by atoms with E-state index in [1.807, 2.05) is 0 Å². The lowest BCUT2D eigenvalue weighted by Gasteiger charge is -2.20. The predicted octanol–water partition coefficient (Wildman–Crippen LogP) is 13.1. The average molecular weight is 760 g/mol. The molecule has 0 rings (SSSR count). The van der Waals surface area contributed by atoms with Crippen LogP contribution < -0.4 is 5.73 Å². The highest BCUT2D eigenvalue weighted by Gasteiger charge is 2.25. The van der Waals surface area contributed by atoms with Crippen molar-refractivity contribution in [2.75, 3.05) is 33.0 Å². The lowest BCUT2D eigenvalue weighted by atomic mass is 10.0. The van der Waals surface area contributed by atoms with Crippen LogP contribution >= 0.6 is 7.82 Å². The van der Waals surface area contributed by atoms with E-state index in [9.17, 15) is 14.3 Å². The van der Waals surface area contributed by atoms with Gasteiger partial charge in [-0.2, -0.15) is 0 Å². The van der Waals surface area contributed by atoms with E-state index in [1.165, 1.54) is 154 Å². The molecule has 0 radical (unpaired) electrons. The highest BCUT2D eigenvalue weighted by atomic mass is 31.2. The Labute approximate surface area is 322 Å². The van der Waals surface area contributed by atoms with Gasteiger partial charge in [0.25, 0.3) is 0 Å². The summed E-state index contributed by atoms with van der Waals surface area (Å²) in [5.41, 5.74) is 5.37. The van der Waals surface area contributed by atoms with Gasteiger partial charge < -0.3 is 20.1 Å². The molecule has 0 aliphatic carbocycles. The lowest BCUT2D eigenvalue weighted by molar-refractivity contribution is -0.154. The summed E-state index contributed by atoms with van der Waals surface area (Å²) in [4.78, 5) is 22.5. The molecule has 9 heteroatoms. The van der Waals surface area contributed by atoms with Crippen molar-refractivity contribution in [1.29, 1.82) is 0 Å². The summed E-state index contributed by atoms with van der Waals surface area (Å²) in [6, 6.07) is 0. The Morgan fingerprint density at radius 3 is 1.40 bits per heavy atom. The van der Waals surface area contributed by atoms with Crippen LogP contribution in [0.2, 0.25) is 0 Å². The molecule has 0 saturated carbocycles. The number of rotatable bonds is 43. The predicted molar refractivity (Wildman–Crippen MR) is 220 cm³/mol. The van der Waals surface area contributed by atoms with Crippen molar-refractivity contribution in [2.45, 2.75) is 225 Å². The number of nitrogens with two attached hydrogens (primary N) is 1. The van der Waals surface area contributed by atoms with Gasteiger partial charge in [-0.3, -0.25) is 13.8 Å². The van der Waals surface area contributed by atoms with Crippen molar-refractivity contribution in [1.82, 2.24) is 0 Å². The van der Waals surface area contributed by atoms with E-state index in [0.29, 0.717) is 13.0 Å². The summed E-state index contributed by atoms with van der Waals surface area (Å²) in [6.45, 7) is 4.95. The average Bonchev–Trinajstić information content (AvgIpc) is 3.13. The molecular weight excluding hydrogens is 673 g/mol. The molecule has 0 saturated heterocycles. The number of allylic oxidation sites excluding steroid dienone is 2. The molecule has 0 spiro atoms. The van der Waals surface area contributed by atoms with Crippen LogP contribution in [0.5, 0.6) is 0 Å². The van der Waals surface area contributed by atoms with Gasteiger partial charge in [0.1, 0.15) is 6.10 Å². The zero-order valence-electron chi connectivity index (χ0n) is 34.3. The Balaban J connectivity index is 3.98. The Kier molecular flexibility index (Phi) is 40.8. The lowest BCUT2D eigenvalue weighted by Crippen LogP contribution is -2.28. The largest absolute Gasteiger partial charge is 0.472 e. The molecule has 0 aliphatic rings. The van der Waals surface area contributed by atoms with E-state index < -0.39 is 13.9 Å². The maximum absolute atomic E-state index is 12.6. The number of unbranched alkanes of at least 4 members (excludes halogenated alkanes) is 28. The van der Waals surface area contributed by atoms with Crippen LogP contribution in [0.1, 0.15) is 219 Å². The van der Waals surface area contributed by atoms with Crippen LogP contribution in [0.3, 0.4) is 0 Å². The van der Waals surface area contributed by atoms with Gasteiger partial charge in [-0.15, -0.1) is 0 Å². The summed E-state index contributed by atoms with van der Waals surface area (Å²) in [5, 5.41) is 0. The molecule has 0 aromatic rings. The number of carbonyl (C=O) groups excluding carboxylic acids is 1. The van der Waals surface area contributed by atoms with Crippen LogP contribution in [0.4, 0.5) is 0 Å². The fourth-order valence-electron chi connectivity index (χ4n) is 6.40. The van der Waals surface area contributed by atoms with E-state index in [1.54, 1.807) is 0 Å². The maximum atomic E-state index is 12.6. The van der Waals surface area contributed by atoms with E-state index in [2.05, 4.69) is 26.0 Å². The van der Waals surface area contributed by atoms with E-state index in [0.717, 1.165) is 44.9 Å². The van der Waals surface area contributed by atoms with Crippen molar-refractivity contribution >= 4 is 13.8 Å². The van der Waals surface area contributed by atoms with Gasteiger partial charge in [0.05, 0.1) is 19.8 Å². The van der Waals surface area contributed by atoms with Crippen molar-refractivity contribution < 1.29 is 32.8 Å². The number of carbonyl (C=O) groups is 1. The van der Waals surface area contributed by atoms with Crippen LogP contribution in [0.15, 0.2) is 12.2 Å². The van der Waals surface area contributed by atoms with Crippen LogP contribution in [0.25, 0.3) is 0 Å². The molecule has 0 bridgehead atoms. The number of phosphoric ester groups is 1. The molecule has 0 aromatic carbocycles. The first-order valence-electron chi connectivity index (χ1n) is 22.2. The van der Waals surface area contributed by atoms with Crippen molar-refractivity contribution in [3.8, 4) is 0 Å². The van der Waals surface area contributed by atoms with E-state index in [4.69, 9.17) is 24.3 Å². The fraction of sp³-hybridized carbons (Fsp3) is 0.930. The highest BCUT2D eigenvalue weighted by molar-refractivity contribution is 7.47. The Bertz CT molecular complexity index is 812. The third kappa shape index (κ3) is 40.4. The molecule has 0 amide bonds. The molecule has 2 atom stereocenters. The van der Waals surface area contributed by atoms with Crippen LogP contribution in [0, 0.1) is 0 Å². The van der Waals surface area contributed by atoms with Crippen molar-refractivity contribution in [3.63, 3.8) is 0 Å². The second-order valence-corrected chi connectivity index (χ2v) is 16.4. The standard InChI is InChI=1S/C43H86NO7P/c1-3-5-7-9-11-13-15-17-19-20-21-23-25-27-29-31-33-35-38-48-40-42(41-50-52(46,47)49-39-37-44)51-43(45)36-34-32-30-28-26-24-22-18-16-14-12-10-8-6-4-2/h18,22,42H,3-17,19-21,23-41,44H2,1-2H3,(H,46,47)/b22-18-/t42-/m1/s1. The molecule has 310 valence electrons. The first-order chi connectivity index (χ1) is 25.4. The first-order valence-corrected chi connectivity index (χ1v) is 23.7. The van der Waals surface area contributed by atoms with Crippen LogP contribution in [-0.2, 0) is 27.9 Å². The minimum absolute atomic E-state index is 0.0937. The summed E-state index contributed by atoms with van der Waals surface area (Å²) in [5.74, 6) is -0.335. The Hall–Kier alpha value is -0.760. The van der Waals surface area contributed by atoms with E-state index in [-0.39, 0.29) is 32.3 Å². The maximum Gasteiger partial charge on any atom is 0.472 e. The molecule has 52 heavy (non-hydrogen) atoms. The number of phosphoric acid groups is 1. The third-order valence-electron chi connectivity index (χ3n) is 9.68. The molecular formula is C43H86NO7P. The number of esters is 1. The zero-order chi connectivity index (χ0) is 38.1. The smallest absolute Gasteiger partial charge is 0.457 e. The number of hydrogen-bond acceptors (Lipinski definition) is 7. The highest BCUT2D eigenvalue weighted by Crippen LogP contribution is 2.43.